The van der Waals surface area contributed by atoms with Crippen LogP contribution in [0.3, 0.4) is 0 Å². The van der Waals surface area contributed by atoms with Crippen LogP contribution in [0.5, 0.6) is 17.2 Å². The summed E-state index contributed by atoms with van der Waals surface area (Å²) < 4.78 is 18.1. The first-order valence-electron chi connectivity index (χ1n) is 8.83. The molecule has 0 bridgehead atoms. The largest absolute Gasteiger partial charge is 0.493 e. The Morgan fingerprint density at radius 1 is 1.11 bits per heavy atom. The number of rotatable bonds is 9. The van der Waals surface area contributed by atoms with Gasteiger partial charge in [0.25, 0.3) is 0 Å². The predicted molar refractivity (Wildman–Crippen MR) is 106 cm³/mol. The minimum Gasteiger partial charge on any atom is -0.493 e. The first-order valence-corrected chi connectivity index (χ1v) is 8.83. The normalized spacial score (nSPS) is 11.2. The molecule has 0 saturated heterocycles. The molecule has 1 aromatic heterocycles. The van der Waals surface area contributed by atoms with E-state index in [0.29, 0.717) is 23.8 Å². The number of aliphatic imine (C=N–C) groups is 1. The van der Waals surface area contributed by atoms with Crippen molar-refractivity contribution in [2.75, 3.05) is 34.9 Å². The highest BCUT2D eigenvalue weighted by Crippen LogP contribution is 2.38. The highest BCUT2D eigenvalue weighted by atomic mass is 16.5. The molecule has 0 aliphatic carbocycles. The lowest BCUT2D eigenvalue weighted by molar-refractivity contribution is 0.323. The molecule has 2 aromatic rings. The van der Waals surface area contributed by atoms with Gasteiger partial charge in [0.05, 0.1) is 27.5 Å². The van der Waals surface area contributed by atoms with Gasteiger partial charge >= 0.3 is 0 Å². The zero-order valence-corrected chi connectivity index (χ0v) is 16.7. The fourth-order valence-corrected chi connectivity index (χ4v) is 2.68. The van der Waals surface area contributed by atoms with Gasteiger partial charge in [0, 0.05) is 32.9 Å². The van der Waals surface area contributed by atoms with E-state index in [4.69, 9.17) is 14.2 Å². The lowest BCUT2D eigenvalue weighted by Crippen LogP contribution is -2.37. The second-order valence-electron chi connectivity index (χ2n) is 6.02. The Balaban J connectivity index is 1.86. The Labute approximate surface area is 160 Å². The molecule has 2 rings (SSSR count). The van der Waals surface area contributed by atoms with E-state index >= 15 is 0 Å². The summed E-state index contributed by atoms with van der Waals surface area (Å²) in [6, 6.07) is 3.84. The molecule has 1 aromatic carbocycles. The lowest BCUT2D eigenvalue weighted by Gasteiger charge is -2.16. The minimum absolute atomic E-state index is 0.578. The highest BCUT2D eigenvalue weighted by molar-refractivity contribution is 5.79. The molecule has 0 unspecified atom stereocenters. The molecule has 148 valence electrons. The number of ether oxygens (including phenoxy) is 3. The van der Waals surface area contributed by atoms with Crippen LogP contribution in [-0.2, 0) is 13.1 Å². The van der Waals surface area contributed by atoms with Crippen molar-refractivity contribution in [3.05, 3.63) is 35.7 Å². The molecule has 8 nitrogen and oxygen atoms in total. The van der Waals surface area contributed by atoms with Gasteiger partial charge in [-0.15, -0.1) is 0 Å². The van der Waals surface area contributed by atoms with Crippen molar-refractivity contribution in [2.45, 2.75) is 26.4 Å². The van der Waals surface area contributed by atoms with Gasteiger partial charge in [0.15, 0.2) is 17.5 Å². The van der Waals surface area contributed by atoms with E-state index in [1.54, 1.807) is 28.4 Å². The predicted octanol–water partition coefficient (Wildman–Crippen LogP) is 1.97. The summed E-state index contributed by atoms with van der Waals surface area (Å²) in [7, 11) is 6.56. The highest BCUT2D eigenvalue weighted by Gasteiger charge is 2.13. The quantitative estimate of drug-likeness (QED) is 0.396. The van der Waals surface area contributed by atoms with E-state index in [1.807, 2.05) is 36.1 Å². The van der Waals surface area contributed by atoms with Crippen LogP contribution in [0.25, 0.3) is 0 Å². The average molecular weight is 375 g/mol. The van der Waals surface area contributed by atoms with Gasteiger partial charge in [-0.1, -0.05) is 0 Å². The first-order chi connectivity index (χ1) is 13.1. The average Bonchev–Trinajstić information content (AvgIpc) is 3.11. The smallest absolute Gasteiger partial charge is 0.203 e. The summed E-state index contributed by atoms with van der Waals surface area (Å²) in [5.74, 6) is 2.58. The van der Waals surface area contributed by atoms with Gasteiger partial charge in [-0.2, -0.15) is 5.10 Å². The maximum atomic E-state index is 5.39. The molecule has 0 radical (unpaired) electrons. The summed E-state index contributed by atoms with van der Waals surface area (Å²) >= 11 is 0. The monoisotopic (exact) mass is 375 g/mol. The van der Waals surface area contributed by atoms with Crippen molar-refractivity contribution >= 4 is 5.96 Å². The van der Waals surface area contributed by atoms with Gasteiger partial charge in [-0.3, -0.25) is 9.67 Å². The molecule has 0 saturated carbocycles. The minimum atomic E-state index is 0.578. The van der Waals surface area contributed by atoms with E-state index in [0.717, 1.165) is 31.0 Å². The Hall–Kier alpha value is -2.90. The Morgan fingerprint density at radius 3 is 2.33 bits per heavy atom. The van der Waals surface area contributed by atoms with Gasteiger partial charge in [0.1, 0.15) is 0 Å². The summed E-state index contributed by atoms with van der Waals surface area (Å²) in [5, 5.41) is 10.9. The second-order valence-corrected chi connectivity index (χ2v) is 6.02. The summed E-state index contributed by atoms with van der Waals surface area (Å²) in [6.07, 6.45) is 4.86. The van der Waals surface area contributed by atoms with Gasteiger partial charge in [-0.05, 0) is 36.6 Å². The van der Waals surface area contributed by atoms with E-state index < -0.39 is 0 Å². The number of hydrogen-bond donors (Lipinski definition) is 2. The topological polar surface area (TPSA) is 81.9 Å². The third-order valence-corrected chi connectivity index (χ3v) is 4.03. The number of methoxy groups -OCH3 is 3. The van der Waals surface area contributed by atoms with Crippen LogP contribution in [0.15, 0.2) is 29.5 Å². The molecular formula is C19H29N5O3. The van der Waals surface area contributed by atoms with Gasteiger partial charge < -0.3 is 24.8 Å². The molecular weight excluding hydrogens is 346 g/mol. The summed E-state index contributed by atoms with van der Waals surface area (Å²) in [4.78, 5) is 4.26. The third kappa shape index (κ3) is 5.80. The fourth-order valence-electron chi connectivity index (χ4n) is 2.68. The zero-order chi connectivity index (χ0) is 19.6. The maximum absolute atomic E-state index is 5.39. The van der Waals surface area contributed by atoms with Crippen molar-refractivity contribution in [1.82, 2.24) is 20.4 Å². The van der Waals surface area contributed by atoms with Crippen LogP contribution >= 0.6 is 0 Å². The number of benzene rings is 1. The number of aromatic nitrogens is 2. The van der Waals surface area contributed by atoms with E-state index in [9.17, 15) is 0 Å². The number of nitrogens with zero attached hydrogens (tertiary/aromatic N) is 3. The van der Waals surface area contributed by atoms with Crippen LogP contribution in [0.4, 0.5) is 0 Å². The Kier molecular flexibility index (Phi) is 7.79. The van der Waals surface area contributed by atoms with E-state index in [2.05, 4.69) is 20.7 Å². The summed E-state index contributed by atoms with van der Waals surface area (Å²) in [6.45, 7) is 4.28. The Morgan fingerprint density at radius 2 is 1.81 bits per heavy atom. The number of guanidine groups is 1. The van der Waals surface area contributed by atoms with Crippen molar-refractivity contribution in [1.29, 1.82) is 0 Å². The maximum Gasteiger partial charge on any atom is 0.203 e. The van der Waals surface area contributed by atoms with Gasteiger partial charge in [0.2, 0.25) is 5.75 Å². The molecule has 0 aliphatic rings. The molecule has 2 N–H and O–H groups in total. The van der Waals surface area contributed by atoms with Crippen molar-refractivity contribution in [3.63, 3.8) is 0 Å². The SMILES string of the molecule is CN=C(NCCCn1cc(C)cn1)NCc1cc(OC)c(OC)c(OC)c1. The third-order valence-electron chi connectivity index (χ3n) is 4.03. The molecule has 0 aliphatic heterocycles. The number of hydrogen-bond acceptors (Lipinski definition) is 5. The molecule has 0 atom stereocenters. The molecule has 0 fully saturated rings. The lowest BCUT2D eigenvalue weighted by atomic mass is 10.2. The van der Waals surface area contributed by atoms with E-state index in [-0.39, 0.29) is 0 Å². The molecule has 0 amide bonds. The van der Waals surface area contributed by atoms with Crippen molar-refractivity contribution < 1.29 is 14.2 Å². The fraction of sp³-hybridized carbons (Fsp3) is 0.474. The Bertz CT molecular complexity index is 733. The van der Waals surface area contributed by atoms with Crippen LogP contribution in [0, 0.1) is 6.92 Å². The number of nitrogens with one attached hydrogen (secondary N) is 2. The van der Waals surface area contributed by atoms with Crippen molar-refractivity contribution in [3.8, 4) is 17.2 Å². The van der Waals surface area contributed by atoms with Crippen molar-refractivity contribution in [2.24, 2.45) is 4.99 Å². The van der Waals surface area contributed by atoms with E-state index in [1.165, 1.54) is 5.56 Å². The summed E-state index contributed by atoms with van der Waals surface area (Å²) in [5.41, 5.74) is 2.17. The molecule has 8 heteroatoms. The molecule has 0 spiro atoms. The van der Waals surface area contributed by atoms with Gasteiger partial charge in [-0.25, -0.2) is 0 Å². The number of aryl methyl sites for hydroxylation is 2. The zero-order valence-electron chi connectivity index (χ0n) is 16.7. The molecule has 1 heterocycles. The van der Waals surface area contributed by atoms with Crippen LogP contribution in [0.1, 0.15) is 17.5 Å². The van der Waals surface area contributed by atoms with Crippen LogP contribution in [0.2, 0.25) is 0 Å². The standard InChI is InChI=1S/C19H29N5O3/c1-14-11-23-24(13-14)8-6-7-21-19(20-2)22-12-15-9-16(25-3)18(27-5)17(10-15)26-4/h9-11,13H,6-8,12H2,1-5H3,(H2,20,21,22). The van der Waals surface area contributed by atoms with Crippen LogP contribution in [-0.4, -0.2) is 50.7 Å². The van der Waals surface area contributed by atoms with Crippen LogP contribution < -0.4 is 24.8 Å². The molecule has 27 heavy (non-hydrogen) atoms. The first kappa shape index (κ1) is 20.4. The second kappa shape index (κ2) is 10.3.